The van der Waals surface area contributed by atoms with Crippen LogP contribution >= 0.6 is 0 Å². The molecular weight excluding hydrogens is 271 g/mol. The first-order chi connectivity index (χ1) is 10.0. The maximum absolute atomic E-state index is 13.2. The molecule has 2 rings (SSSR count). The van der Waals surface area contributed by atoms with E-state index < -0.39 is 17.3 Å². The lowest BCUT2D eigenvalue weighted by molar-refractivity contribution is -0.150. The van der Waals surface area contributed by atoms with Crippen molar-refractivity contribution in [2.75, 3.05) is 6.54 Å². The number of hydrogen-bond donors (Lipinski definition) is 1. The average Bonchev–Trinajstić information content (AvgIpc) is 2.85. The first kappa shape index (κ1) is 15.5. The number of halogens is 1. The van der Waals surface area contributed by atoms with E-state index in [-0.39, 0.29) is 5.56 Å². The van der Waals surface area contributed by atoms with E-state index in [9.17, 15) is 14.3 Å². The van der Waals surface area contributed by atoms with Gasteiger partial charge in [0.25, 0.3) is 0 Å². The van der Waals surface area contributed by atoms with Crippen LogP contribution in [0.5, 0.6) is 0 Å². The molecule has 0 spiro atoms. The molecule has 0 bridgehead atoms. The number of nitrogens with zero attached hydrogens (tertiary/aromatic N) is 2. The zero-order valence-electron chi connectivity index (χ0n) is 12.1. The van der Waals surface area contributed by atoms with E-state index in [1.54, 1.807) is 6.07 Å². The van der Waals surface area contributed by atoms with Crippen molar-refractivity contribution in [1.82, 2.24) is 4.90 Å². The van der Waals surface area contributed by atoms with E-state index in [2.05, 4.69) is 0 Å². The topological polar surface area (TPSA) is 64.3 Å². The van der Waals surface area contributed by atoms with Crippen molar-refractivity contribution in [2.24, 2.45) is 0 Å². The molecule has 1 saturated heterocycles. The van der Waals surface area contributed by atoms with Crippen LogP contribution in [0.15, 0.2) is 18.2 Å². The second-order valence-electron chi connectivity index (χ2n) is 5.53. The Hall–Kier alpha value is -1.93. The average molecular weight is 290 g/mol. The summed E-state index contributed by atoms with van der Waals surface area (Å²) in [6.45, 7) is 3.03. The second-order valence-corrected chi connectivity index (χ2v) is 5.53. The largest absolute Gasteiger partial charge is 0.480 e. The molecule has 0 aromatic heterocycles. The molecule has 0 aliphatic carbocycles. The number of nitriles is 1. The minimum Gasteiger partial charge on any atom is -0.480 e. The predicted molar refractivity (Wildman–Crippen MR) is 76.0 cm³/mol. The van der Waals surface area contributed by atoms with Crippen LogP contribution in [-0.4, -0.2) is 28.1 Å². The Balaban J connectivity index is 2.30. The molecule has 4 nitrogen and oxygen atoms in total. The molecule has 1 atom stereocenters. The maximum atomic E-state index is 13.2. The van der Waals surface area contributed by atoms with Gasteiger partial charge in [0.1, 0.15) is 11.4 Å². The van der Waals surface area contributed by atoms with Gasteiger partial charge in [-0.1, -0.05) is 19.4 Å². The van der Waals surface area contributed by atoms with E-state index in [4.69, 9.17) is 5.26 Å². The van der Waals surface area contributed by atoms with Crippen LogP contribution in [0.3, 0.4) is 0 Å². The lowest BCUT2D eigenvalue weighted by Crippen LogP contribution is -2.50. The van der Waals surface area contributed by atoms with Crippen molar-refractivity contribution in [1.29, 1.82) is 5.26 Å². The van der Waals surface area contributed by atoms with Crippen LogP contribution in [0, 0.1) is 17.1 Å². The quantitative estimate of drug-likeness (QED) is 0.905. The molecular formula is C16H19FN2O2. The number of carboxylic acid groups (broad SMARTS) is 1. The molecule has 1 aliphatic heterocycles. The van der Waals surface area contributed by atoms with Gasteiger partial charge in [-0.25, -0.2) is 4.39 Å². The Bertz CT molecular complexity index is 582. The third-order valence-corrected chi connectivity index (χ3v) is 4.24. The molecule has 1 N–H and O–H groups in total. The molecule has 0 radical (unpaired) electrons. The summed E-state index contributed by atoms with van der Waals surface area (Å²) in [4.78, 5) is 13.7. The van der Waals surface area contributed by atoms with Crippen molar-refractivity contribution in [3.63, 3.8) is 0 Å². The Morgan fingerprint density at radius 2 is 2.33 bits per heavy atom. The van der Waals surface area contributed by atoms with Gasteiger partial charge in [0.05, 0.1) is 11.6 Å². The van der Waals surface area contributed by atoms with Crippen LogP contribution in [0.2, 0.25) is 0 Å². The van der Waals surface area contributed by atoms with Gasteiger partial charge in [-0.05, 0) is 43.5 Å². The van der Waals surface area contributed by atoms with E-state index in [1.165, 1.54) is 12.1 Å². The first-order valence-electron chi connectivity index (χ1n) is 7.20. The van der Waals surface area contributed by atoms with Crippen LogP contribution in [-0.2, 0) is 11.3 Å². The molecule has 1 aromatic rings. The van der Waals surface area contributed by atoms with E-state index in [1.807, 2.05) is 17.9 Å². The highest BCUT2D eigenvalue weighted by Gasteiger charge is 2.46. The Morgan fingerprint density at radius 3 is 2.95 bits per heavy atom. The summed E-state index contributed by atoms with van der Waals surface area (Å²) in [7, 11) is 0. The van der Waals surface area contributed by atoms with Gasteiger partial charge in [0.2, 0.25) is 0 Å². The predicted octanol–water partition coefficient (Wildman–Crippen LogP) is 2.92. The van der Waals surface area contributed by atoms with E-state index in [0.29, 0.717) is 31.5 Å². The van der Waals surface area contributed by atoms with Gasteiger partial charge in [-0.15, -0.1) is 0 Å². The van der Waals surface area contributed by atoms with Crippen LogP contribution in [0.1, 0.15) is 43.7 Å². The molecule has 0 saturated carbocycles. The Morgan fingerprint density at radius 1 is 1.57 bits per heavy atom. The van der Waals surface area contributed by atoms with Gasteiger partial charge in [-0.3, -0.25) is 9.69 Å². The maximum Gasteiger partial charge on any atom is 0.324 e. The number of aliphatic carboxylic acids is 1. The van der Waals surface area contributed by atoms with Crippen molar-refractivity contribution in [2.45, 2.75) is 44.7 Å². The summed E-state index contributed by atoms with van der Waals surface area (Å²) in [6.07, 6.45) is 2.83. The number of likely N-dealkylation sites (tertiary alicyclic amines) is 1. The summed E-state index contributed by atoms with van der Waals surface area (Å²) >= 11 is 0. The lowest BCUT2D eigenvalue weighted by atomic mass is 9.90. The molecule has 21 heavy (non-hydrogen) atoms. The minimum atomic E-state index is -0.851. The van der Waals surface area contributed by atoms with Gasteiger partial charge >= 0.3 is 5.97 Å². The Labute approximate surface area is 123 Å². The molecule has 1 unspecified atom stereocenters. The summed E-state index contributed by atoms with van der Waals surface area (Å²) < 4.78 is 13.2. The number of rotatable bonds is 5. The zero-order valence-corrected chi connectivity index (χ0v) is 12.1. The van der Waals surface area contributed by atoms with Crippen molar-refractivity contribution >= 4 is 5.97 Å². The fraction of sp³-hybridized carbons (Fsp3) is 0.500. The summed E-state index contributed by atoms with van der Waals surface area (Å²) in [5.74, 6) is -1.25. The summed E-state index contributed by atoms with van der Waals surface area (Å²) in [5, 5.41) is 18.8. The molecule has 112 valence electrons. The molecule has 1 aromatic carbocycles. The van der Waals surface area contributed by atoms with Crippen LogP contribution < -0.4 is 0 Å². The summed E-state index contributed by atoms with van der Waals surface area (Å²) in [6, 6.07) is 6.08. The second kappa shape index (κ2) is 6.23. The molecule has 5 heteroatoms. The highest BCUT2D eigenvalue weighted by molar-refractivity contribution is 5.79. The van der Waals surface area contributed by atoms with Gasteiger partial charge in [0.15, 0.2) is 0 Å². The number of benzene rings is 1. The third kappa shape index (κ3) is 2.91. The Kier molecular flexibility index (Phi) is 4.59. The SMILES string of the molecule is CCCC1(C(=O)O)CCCN1Cc1ccc(F)cc1C#N. The van der Waals surface area contributed by atoms with Crippen molar-refractivity contribution < 1.29 is 14.3 Å². The van der Waals surface area contributed by atoms with Gasteiger partial charge in [-0.2, -0.15) is 5.26 Å². The molecule has 1 heterocycles. The van der Waals surface area contributed by atoms with Crippen molar-refractivity contribution in [3.8, 4) is 6.07 Å². The zero-order chi connectivity index (χ0) is 15.5. The fourth-order valence-electron chi connectivity index (χ4n) is 3.21. The summed E-state index contributed by atoms with van der Waals surface area (Å²) in [5.41, 5.74) is 0.107. The highest BCUT2D eigenvalue weighted by Crippen LogP contribution is 2.35. The number of carboxylic acids is 1. The van der Waals surface area contributed by atoms with Crippen LogP contribution in [0.4, 0.5) is 4.39 Å². The lowest BCUT2D eigenvalue weighted by Gasteiger charge is -2.34. The van der Waals surface area contributed by atoms with E-state index >= 15 is 0 Å². The molecule has 1 aliphatic rings. The monoisotopic (exact) mass is 290 g/mol. The highest BCUT2D eigenvalue weighted by atomic mass is 19.1. The number of carbonyl (C=O) groups is 1. The normalized spacial score (nSPS) is 22.1. The standard InChI is InChI=1S/C16H19FN2O2/c1-2-6-16(15(20)21)7-3-8-19(16)11-12-4-5-14(17)9-13(12)10-18/h4-5,9H,2-3,6-8,11H2,1H3,(H,20,21). The van der Waals surface area contributed by atoms with Crippen molar-refractivity contribution in [3.05, 3.63) is 35.1 Å². The first-order valence-corrected chi connectivity index (χ1v) is 7.20. The smallest absolute Gasteiger partial charge is 0.324 e. The van der Waals surface area contributed by atoms with Gasteiger partial charge < -0.3 is 5.11 Å². The van der Waals surface area contributed by atoms with E-state index in [0.717, 1.165) is 12.8 Å². The number of hydrogen-bond acceptors (Lipinski definition) is 3. The minimum absolute atomic E-state index is 0.276. The van der Waals surface area contributed by atoms with Crippen LogP contribution in [0.25, 0.3) is 0 Å². The third-order valence-electron chi connectivity index (χ3n) is 4.24. The van der Waals surface area contributed by atoms with Gasteiger partial charge in [0, 0.05) is 6.54 Å². The molecule has 1 fully saturated rings. The fourth-order valence-corrected chi connectivity index (χ4v) is 3.21. The molecule has 0 amide bonds.